The van der Waals surface area contributed by atoms with Gasteiger partial charge in [0.15, 0.2) is 0 Å². The van der Waals surface area contributed by atoms with Crippen LogP contribution in [0, 0.1) is 12.3 Å². The molecule has 0 aromatic rings. The number of rotatable bonds is 11. The average molecular weight is 345 g/mol. The average Bonchev–Trinajstić information content (AvgIpc) is 2.26. The van der Waals surface area contributed by atoms with Gasteiger partial charge in [-0.15, -0.1) is 12.3 Å². The first-order valence-electron chi connectivity index (χ1n) is 6.85. The molecule has 0 bridgehead atoms. The second kappa shape index (κ2) is 26.4. The van der Waals surface area contributed by atoms with E-state index in [0.717, 1.165) is 6.42 Å². The van der Waals surface area contributed by atoms with Crippen molar-refractivity contribution < 1.29 is 44.3 Å². The molecule has 3 heteroatoms. The summed E-state index contributed by atoms with van der Waals surface area (Å²) in [6.45, 7) is 2.27. The summed E-state index contributed by atoms with van der Waals surface area (Å²) in [5, 5.41) is 0. The fraction of sp³-hybridized carbons (Fsp3) is 0.867. The Hall–Kier alpha value is 0.763. The molecule has 0 nitrogen and oxygen atoms in total. The summed E-state index contributed by atoms with van der Waals surface area (Å²) in [6.07, 6.45) is 21.5. The van der Waals surface area contributed by atoms with Crippen LogP contribution in [0.4, 0.5) is 0 Å². The third kappa shape index (κ3) is 25.6. The maximum Gasteiger partial charge on any atom is 2.00 e. The van der Waals surface area contributed by atoms with E-state index in [2.05, 4.69) is 12.8 Å². The normalized spacial score (nSPS) is 8.44. The van der Waals surface area contributed by atoms with Crippen LogP contribution in [0.25, 0.3) is 0 Å². The van der Waals surface area contributed by atoms with Crippen LogP contribution < -0.4 is 24.8 Å². The van der Waals surface area contributed by atoms with Crippen molar-refractivity contribution in [3.05, 3.63) is 0 Å². The molecule has 0 heterocycles. The zero-order valence-corrected chi connectivity index (χ0v) is 16.5. The molecule has 0 aromatic heterocycles. The Balaban J connectivity index is -0.000000327. The molecule has 0 saturated heterocycles. The van der Waals surface area contributed by atoms with Crippen molar-refractivity contribution in [2.45, 2.75) is 84.0 Å². The van der Waals surface area contributed by atoms with Gasteiger partial charge in [0, 0.05) is 6.42 Å². The zero-order valence-electron chi connectivity index (χ0n) is 12.0. The van der Waals surface area contributed by atoms with E-state index in [1.54, 1.807) is 0 Å². The monoisotopic (exact) mass is 342 g/mol. The van der Waals surface area contributed by atoms with Crippen LogP contribution in [0.5, 0.6) is 0 Å². The van der Waals surface area contributed by atoms with Gasteiger partial charge in [-0.2, -0.15) is 0 Å². The number of unbranched alkanes of at least 4 members (excludes halogenated alkanes) is 11. The van der Waals surface area contributed by atoms with Crippen molar-refractivity contribution in [2.75, 3.05) is 0 Å². The van der Waals surface area contributed by atoms with Gasteiger partial charge in [-0.3, -0.25) is 0 Å². The predicted octanol–water partition coefficient (Wildman–Crippen LogP) is -0.674. The number of hydrogen-bond acceptors (Lipinski definition) is 0. The van der Waals surface area contributed by atoms with Gasteiger partial charge in [-0.05, 0) is 6.42 Å². The maximum atomic E-state index is 5.20. The summed E-state index contributed by atoms with van der Waals surface area (Å²) < 4.78 is 0. The minimum absolute atomic E-state index is 0. The molecule has 0 aliphatic rings. The third-order valence-electron chi connectivity index (χ3n) is 2.92. The van der Waals surface area contributed by atoms with Gasteiger partial charge in [0.1, 0.15) is 0 Å². The molecule has 0 rings (SSSR count). The molecule has 104 valence electrons. The minimum Gasteiger partial charge on any atom is -1.00 e. The van der Waals surface area contributed by atoms with E-state index < -0.39 is 0 Å². The molecule has 0 fully saturated rings. The van der Waals surface area contributed by atoms with Crippen LogP contribution in [0.15, 0.2) is 0 Å². The summed E-state index contributed by atoms with van der Waals surface area (Å²) in [6, 6.07) is 0. The van der Waals surface area contributed by atoms with Crippen LogP contribution in [0.2, 0.25) is 0 Å². The van der Waals surface area contributed by atoms with Gasteiger partial charge >= 0.3 is 19.5 Å². The topological polar surface area (TPSA) is 0 Å². The largest absolute Gasteiger partial charge is 2.00 e. The summed E-state index contributed by atoms with van der Waals surface area (Å²) in [5.74, 6) is 2.70. The van der Waals surface area contributed by atoms with Gasteiger partial charge in [-0.25, -0.2) is 0 Å². The van der Waals surface area contributed by atoms with E-state index >= 15 is 0 Å². The summed E-state index contributed by atoms with van der Waals surface area (Å²) in [5.41, 5.74) is 0. The van der Waals surface area contributed by atoms with Crippen molar-refractivity contribution in [2.24, 2.45) is 0 Å². The fourth-order valence-electron chi connectivity index (χ4n) is 1.89. The molecule has 0 aromatic carbocycles. The quantitative estimate of drug-likeness (QED) is 0.265. The zero-order chi connectivity index (χ0) is 11.2. The molecular weight excluding hydrogens is 316 g/mol. The van der Waals surface area contributed by atoms with E-state index in [1.165, 1.54) is 70.6 Å². The van der Waals surface area contributed by atoms with Crippen molar-refractivity contribution >= 4 is 0 Å². The Labute approximate surface area is 140 Å². The van der Waals surface area contributed by atoms with Crippen molar-refractivity contribution in [3.8, 4) is 12.3 Å². The molecule has 0 unspecified atom stereocenters. The maximum absolute atomic E-state index is 5.20. The third-order valence-corrected chi connectivity index (χ3v) is 2.92. The molecule has 0 saturated carbocycles. The molecule has 0 aliphatic heterocycles. The SMILES string of the molecule is C#CCCCCCCCCCCCCC.[Cl-].[Cl-].[Zn+2]. The summed E-state index contributed by atoms with van der Waals surface area (Å²) in [4.78, 5) is 0. The van der Waals surface area contributed by atoms with E-state index in [9.17, 15) is 0 Å². The van der Waals surface area contributed by atoms with Crippen LogP contribution in [-0.4, -0.2) is 0 Å². The summed E-state index contributed by atoms with van der Waals surface area (Å²) in [7, 11) is 0. The van der Waals surface area contributed by atoms with Crippen LogP contribution in [0.1, 0.15) is 84.0 Å². The predicted molar refractivity (Wildman–Crippen MR) is 69.9 cm³/mol. The standard InChI is InChI=1S/C15H28.2ClH.Zn/c1-3-5-7-9-11-13-15-14-12-10-8-6-4-2;;;/h1H,4-15H2,2H3;2*1H;/q;;;+2/p-2. The van der Waals surface area contributed by atoms with E-state index in [-0.39, 0.29) is 44.3 Å². The van der Waals surface area contributed by atoms with Gasteiger partial charge in [0.05, 0.1) is 0 Å². The van der Waals surface area contributed by atoms with E-state index in [1.807, 2.05) is 0 Å². The molecular formula is C15H28Cl2Zn. The van der Waals surface area contributed by atoms with Crippen LogP contribution in [-0.2, 0) is 19.5 Å². The minimum atomic E-state index is 0. The van der Waals surface area contributed by atoms with E-state index in [0.29, 0.717) is 0 Å². The number of terminal acetylenes is 1. The Morgan fingerprint density at radius 2 is 1.00 bits per heavy atom. The molecule has 0 amide bonds. The molecule has 0 aliphatic carbocycles. The van der Waals surface area contributed by atoms with Crippen molar-refractivity contribution in [3.63, 3.8) is 0 Å². The Kier molecular flexibility index (Phi) is 39.8. The van der Waals surface area contributed by atoms with Gasteiger partial charge in [0.25, 0.3) is 0 Å². The van der Waals surface area contributed by atoms with Gasteiger partial charge in [-0.1, -0.05) is 71.1 Å². The molecule has 0 N–H and O–H groups in total. The first-order chi connectivity index (χ1) is 7.41. The van der Waals surface area contributed by atoms with Crippen molar-refractivity contribution in [1.29, 1.82) is 0 Å². The van der Waals surface area contributed by atoms with Gasteiger partial charge < -0.3 is 24.8 Å². The molecule has 0 radical (unpaired) electrons. The van der Waals surface area contributed by atoms with Crippen molar-refractivity contribution in [1.82, 2.24) is 0 Å². The van der Waals surface area contributed by atoms with Crippen LogP contribution >= 0.6 is 0 Å². The molecule has 18 heavy (non-hydrogen) atoms. The first-order valence-corrected chi connectivity index (χ1v) is 6.85. The molecule has 0 atom stereocenters. The number of halogens is 2. The Morgan fingerprint density at radius 3 is 1.33 bits per heavy atom. The first kappa shape index (κ1) is 27.2. The molecule has 0 spiro atoms. The smallest absolute Gasteiger partial charge is 1.00 e. The number of hydrogen-bond donors (Lipinski definition) is 0. The Bertz CT molecular complexity index is 155. The second-order valence-corrected chi connectivity index (χ2v) is 4.49. The fourth-order valence-corrected chi connectivity index (χ4v) is 1.89. The Morgan fingerprint density at radius 1 is 0.667 bits per heavy atom. The van der Waals surface area contributed by atoms with Gasteiger partial charge in [0.2, 0.25) is 0 Å². The van der Waals surface area contributed by atoms with Crippen LogP contribution in [0.3, 0.4) is 0 Å². The summed E-state index contributed by atoms with van der Waals surface area (Å²) >= 11 is 0. The second-order valence-electron chi connectivity index (χ2n) is 4.49. The van der Waals surface area contributed by atoms with E-state index in [4.69, 9.17) is 6.42 Å².